The van der Waals surface area contributed by atoms with Crippen molar-refractivity contribution >= 4 is 71.6 Å². The molecule has 4 aromatic heterocycles. The van der Waals surface area contributed by atoms with Gasteiger partial charge in [0.05, 0.1) is 33.1 Å². The predicted octanol–water partition coefficient (Wildman–Crippen LogP) is 9.43. The number of furan rings is 1. The normalized spacial score (nSPS) is 12.3. The molecule has 0 amide bonds. The Bertz CT molecular complexity index is 2680. The molecule has 42 heavy (non-hydrogen) atoms. The van der Waals surface area contributed by atoms with Gasteiger partial charge in [-0.25, -0.2) is 4.98 Å². The molecular weight excluding hydrogens is 516 g/mol. The summed E-state index contributed by atoms with van der Waals surface area (Å²) in [5, 5.41) is 4.64. The summed E-state index contributed by atoms with van der Waals surface area (Å²) in [7, 11) is 0. The van der Waals surface area contributed by atoms with Crippen LogP contribution in [0.4, 0.5) is 0 Å². The van der Waals surface area contributed by atoms with Crippen LogP contribution >= 0.6 is 0 Å². The van der Waals surface area contributed by atoms with Crippen LogP contribution in [0.15, 0.2) is 138 Å². The average Bonchev–Trinajstić information content (AvgIpc) is 3.77. The molecule has 10 rings (SSSR count). The van der Waals surface area contributed by atoms with Gasteiger partial charge in [0.15, 0.2) is 0 Å². The Morgan fingerprint density at radius 1 is 0.429 bits per heavy atom. The summed E-state index contributed by atoms with van der Waals surface area (Å²) in [5.74, 6) is 0.909. The molecule has 0 bridgehead atoms. The van der Waals surface area contributed by atoms with Gasteiger partial charge in [-0.1, -0.05) is 66.7 Å². The maximum absolute atomic E-state index is 6.15. The Morgan fingerprint density at radius 3 is 2.02 bits per heavy atom. The van der Waals surface area contributed by atoms with Gasteiger partial charge in [-0.2, -0.15) is 0 Å². The van der Waals surface area contributed by atoms with E-state index >= 15 is 0 Å². The van der Waals surface area contributed by atoms with Crippen molar-refractivity contribution in [3.05, 3.63) is 133 Å². The van der Waals surface area contributed by atoms with E-state index in [2.05, 4.69) is 135 Å². The quantitative estimate of drug-likeness (QED) is 0.220. The number of hydrogen-bond donors (Lipinski definition) is 0. The number of hydrogen-bond acceptors (Lipinski definition) is 2. The second kappa shape index (κ2) is 7.89. The van der Waals surface area contributed by atoms with E-state index in [1.54, 1.807) is 0 Å². The largest absolute Gasteiger partial charge is 0.456 e. The van der Waals surface area contributed by atoms with Crippen molar-refractivity contribution in [2.24, 2.45) is 0 Å². The van der Waals surface area contributed by atoms with Gasteiger partial charge < -0.3 is 8.98 Å². The van der Waals surface area contributed by atoms with E-state index in [0.717, 1.165) is 66.7 Å². The van der Waals surface area contributed by atoms with Gasteiger partial charge in [-0.15, -0.1) is 0 Å². The van der Waals surface area contributed by atoms with Gasteiger partial charge in [0.2, 0.25) is 5.78 Å². The third-order valence-corrected chi connectivity index (χ3v) is 8.63. The first kappa shape index (κ1) is 21.9. The fraction of sp³-hybridized carbons (Fsp3) is 0. The highest BCUT2D eigenvalue weighted by atomic mass is 16.3. The Hall–Kier alpha value is -5.81. The van der Waals surface area contributed by atoms with Gasteiger partial charge >= 0.3 is 0 Å². The van der Waals surface area contributed by atoms with Crippen molar-refractivity contribution in [3.63, 3.8) is 0 Å². The zero-order valence-corrected chi connectivity index (χ0v) is 22.4. The molecule has 10 aromatic rings. The van der Waals surface area contributed by atoms with Crippen molar-refractivity contribution in [2.75, 3.05) is 0 Å². The van der Waals surface area contributed by atoms with Gasteiger partial charge in [0.25, 0.3) is 0 Å². The Labute approximate surface area is 239 Å². The highest BCUT2D eigenvalue weighted by Gasteiger charge is 2.20. The molecule has 0 aliphatic carbocycles. The average molecular weight is 539 g/mol. The zero-order chi connectivity index (χ0) is 27.4. The van der Waals surface area contributed by atoms with Crippen LogP contribution in [0, 0.1) is 0 Å². The molecule has 6 aromatic carbocycles. The Morgan fingerprint density at radius 2 is 1.14 bits per heavy atom. The first-order valence-electron chi connectivity index (χ1n) is 14.2. The number of imidazole rings is 2. The van der Waals surface area contributed by atoms with E-state index < -0.39 is 0 Å². The van der Waals surface area contributed by atoms with Gasteiger partial charge in [0.1, 0.15) is 11.2 Å². The smallest absolute Gasteiger partial charge is 0.220 e. The fourth-order valence-electron chi connectivity index (χ4n) is 6.83. The van der Waals surface area contributed by atoms with E-state index in [-0.39, 0.29) is 0 Å². The lowest BCUT2D eigenvalue weighted by atomic mass is 10.1. The minimum atomic E-state index is 0.898. The zero-order valence-electron chi connectivity index (χ0n) is 22.4. The minimum Gasteiger partial charge on any atom is -0.456 e. The van der Waals surface area contributed by atoms with Crippen molar-refractivity contribution in [1.82, 2.24) is 18.5 Å². The van der Waals surface area contributed by atoms with E-state index in [1.807, 2.05) is 12.1 Å². The molecule has 0 unspecified atom stereocenters. The summed E-state index contributed by atoms with van der Waals surface area (Å²) in [6, 6.07) is 47.0. The lowest BCUT2D eigenvalue weighted by Gasteiger charge is -2.08. The van der Waals surface area contributed by atoms with Crippen molar-refractivity contribution in [3.8, 4) is 11.4 Å². The summed E-state index contributed by atoms with van der Waals surface area (Å²) in [6.45, 7) is 0. The number of nitrogens with zero attached hydrogens (tertiary/aromatic N) is 4. The first-order valence-corrected chi connectivity index (χ1v) is 14.2. The number of aromatic nitrogens is 4. The highest BCUT2D eigenvalue weighted by Crippen LogP contribution is 2.38. The van der Waals surface area contributed by atoms with Gasteiger partial charge in [-0.05, 0) is 66.7 Å². The Kier molecular flexibility index (Phi) is 4.12. The van der Waals surface area contributed by atoms with Gasteiger partial charge in [0, 0.05) is 32.9 Å². The van der Waals surface area contributed by atoms with Crippen LogP contribution in [0.25, 0.3) is 83.0 Å². The number of para-hydroxylation sites is 5. The molecule has 0 aliphatic rings. The maximum Gasteiger partial charge on any atom is 0.220 e. The van der Waals surface area contributed by atoms with Crippen molar-refractivity contribution in [2.45, 2.75) is 0 Å². The predicted molar refractivity (Wildman–Crippen MR) is 171 cm³/mol. The molecule has 0 N–H and O–H groups in total. The van der Waals surface area contributed by atoms with Gasteiger partial charge in [-0.3, -0.25) is 8.97 Å². The molecular formula is C37H22N4O. The van der Waals surface area contributed by atoms with E-state index in [1.165, 1.54) is 16.3 Å². The summed E-state index contributed by atoms with van der Waals surface area (Å²) < 4.78 is 13.1. The SMILES string of the molecule is c1ccc(-n2c3ccccc3n3c4cc5c(cc4nc23)c2ccccc2n5-c2ccc3oc4ccccc4c3c2)cc1. The van der Waals surface area contributed by atoms with Crippen molar-refractivity contribution in [1.29, 1.82) is 0 Å². The minimum absolute atomic E-state index is 0.898. The van der Waals surface area contributed by atoms with Crippen LogP contribution in [0.2, 0.25) is 0 Å². The number of rotatable bonds is 2. The standard InChI is InChI=1S/C37H22N4O/c1-2-10-23(11-3-1)40-31-15-7-8-16-32(31)41-34-22-33-27(21-29(34)38-37(40)41)25-12-4-6-14-30(25)39(33)24-18-19-36-28(20-24)26-13-5-9-17-35(26)42-36/h1-22H. The van der Waals surface area contributed by atoms with Crippen LogP contribution in [-0.2, 0) is 0 Å². The third-order valence-electron chi connectivity index (χ3n) is 8.63. The summed E-state index contributed by atoms with van der Waals surface area (Å²) >= 11 is 0. The van der Waals surface area contributed by atoms with Crippen LogP contribution < -0.4 is 0 Å². The van der Waals surface area contributed by atoms with Crippen LogP contribution in [0.3, 0.4) is 0 Å². The van der Waals surface area contributed by atoms with E-state index in [0.29, 0.717) is 0 Å². The molecule has 0 fully saturated rings. The molecule has 5 heteroatoms. The molecule has 196 valence electrons. The number of fused-ring (bicyclic) bond motifs is 11. The molecule has 0 atom stereocenters. The lowest BCUT2D eigenvalue weighted by molar-refractivity contribution is 0.669. The van der Waals surface area contributed by atoms with Crippen molar-refractivity contribution < 1.29 is 4.42 Å². The fourth-order valence-corrected chi connectivity index (χ4v) is 6.83. The van der Waals surface area contributed by atoms with Crippen LogP contribution in [0.5, 0.6) is 0 Å². The molecule has 0 spiro atoms. The monoisotopic (exact) mass is 538 g/mol. The van der Waals surface area contributed by atoms with E-state index in [4.69, 9.17) is 9.40 Å². The second-order valence-corrected chi connectivity index (χ2v) is 10.9. The number of benzene rings is 6. The Balaban J connectivity index is 1.34. The van der Waals surface area contributed by atoms with Crippen LogP contribution in [0.1, 0.15) is 0 Å². The molecule has 4 heterocycles. The topological polar surface area (TPSA) is 40.3 Å². The second-order valence-electron chi connectivity index (χ2n) is 10.9. The molecule has 0 aliphatic heterocycles. The lowest BCUT2D eigenvalue weighted by Crippen LogP contribution is -1.94. The molecule has 0 saturated heterocycles. The molecule has 5 nitrogen and oxygen atoms in total. The highest BCUT2D eigenvalue weighted by molar-refractivity contribution is 6.14. The van der Waals surface area contributed by atoms with E-state index in [9.17, 15) is 0 Å². The summed E-state index contributed by atoms with van der Waals surface area (Å²) in [6.07, 6.45) is 0. The summed E-state index contributed by atoms with van der Waals surface area (Å²) in [5.41, 5.74) is 10.6. The molecule has 0 saturated carbocycles. The van der Waals surface area contributed by atoms with Crippen LogP contribution in [-0.4, -0.2) is 18.5 Å². The third kappa shape index (κ3) is 2.79. The first-order chi connectivity index (χ1) is 20.8. The maximum atomic E-state index is 6.15. The molecule has 0 radical (unpaired) electrons. The summed E-state index contributed by atoms with van der Waals surface area (Å²) in [4.78, 5) is 5.24.